The number of hydrogen-bond donors (Lipinski definition) is 4. The quantitative estimate of drug-likeness (QED) is 0.438. The number of thiazole rings is 1. The molecule has 7 heteroatoms. The Labute approximate surface area is 168 Å². The highest BCUT2D eigenvalue weighted by atomic mass is 32.1. The molecular weight excluding hydrogens is 372 g/mol. The number of amides is 1. The first-order chi connectivity index (χ1) is 13.5. The van der Waals surface area contributed by atoms with Crippen molar-refractivity contribution in [3.05, 3.63) is 65.0 Å². The Morgan fingerprint density at radius 2 is 2.04 bits per heavy atom. The highest BCUT2D eigenvalue weighted by Gasteiger charge is 2.11. The zero-order valence-electron chi connectivity index (χ0n) is 15.7. The molecule has 1 heterocycles. The number of rotatable bonds is 8. The van der Waals surface area contributed by atoms with Gasteiger partial charge in [-0.1, -0.05) is 36.4 Å². The summed E-state index contributed by atoms with van der Waals surface area (Å²) < 4.78 is 0. The lowest BCUT2D eigenvalue weighted by atomic mass is 10.0. The SMILES string of the molecule is CC(=O)Nc1ccc(CCNC[C@H](O)c2ccccc2)cc1-c1csc(N)n1. The van der Waals surface area contributed by atoms with Crippen molar-refractivity contribution in [1.29, 1.82) is 0 Å². The average Bonchev–Trinajstić information content (AvgIpc) is 3.12. The first-order valence-electron chi connectivity index (χ1n) is 9.08. The van der Waals surface area contributed by atoms with Crippen molar-refractivity contribution in [2.45, 2.75) is 19.4 Å². The Morgan fingerprint density at radius 1 is 1.25 bits per heavy atom. The van der Waals surface area contributed by atoms with Crippen LogP contribution >= 0.6 is 11.3 Å². The molecule has 0 unspecified atom stereocenters. The lowest BCUT2D eigenvalue weighted by Gasteiger charge is -2.13. The molecule has 0 saturated carbocycles. The number of carbonyl (C=O) groups is 1. The van der Waals surface area contributed by atoms with Crippen LogP contribution in [-0.4, -0.2) is 29.1 Å². The summed E-state index contributed by atoms with van der Waals surface area (Å²) in [6.45, 7) is 2.69. The van der Waals surface area contributed by atoms with Crippen LogP contribution in [0.15, 0.2) is 53.9 Å². The van der Waals surface area contributed by atoms with Gasteiger partial charge in [0.05, 0.1) is 17.5 Å². The molecule has 1 atom stereocenters. The van der Waals surface area contributed by atoms with E-state index in [9.17, 15) is 9.90 Å². The van der Waals surface area contributed by atoms with Gasteiger partial charge in [0.1, 0.15) is 0 Å². The third-order valence-electron chi connectivity index (χ3n) is 4.31. The van der Waals surface area contributed by atoms with Gasteiger partial charge in [0.2, 0.25) is 5.91 Å². The van der Waals surface area contributed by atoms with Crippen LogP contribution in [0.25, 0.3) is 11.3 Å². The Kier molecular flexibility index (Phi) is 6.76. The lowest BCUT2D eigenvalue weighted by molar-refractivity contribution is -0.114. The van der Waals surface area contributed by atoms with Crippen molar-refractivity contribution in [1.82, 2.24) is 10.3 Å². The molecule has 0 saturated heterocycles. The number of hydrogen-bond acceptors (Lipinski definition) is 6. The van der Waals surface area contributed by atoms with E-state index in [-0.39, 0.29) is 5.91 Å². The zero-order valence-corrected chi connectivity index (χ0v) is 16.5. The van der Waals surface area contributed by atoms with Crippen molar-refractivity contribution >= 4 is 28.1 Å². The number of nitrogens with one attached hydrogen (secondary N) is 2. The topological polar surface area (TPSA) is 100 Å². The monoisotopic (exact) mass is 396 g/mol. The predicted octanol–water partition coefficient (Wildman–Crippen LogP) is 3.22. The minimum Gasteiger partial charge on any atom is -0.387 e. The molecule has 0 spiro atoms. The molecule has 0 aliphatic heterocycles. The summed E-state index contributed by atoms with van der Waals surface area (Å²) in [5.41, 5.74) is 10.1. The molecule has 0 radical (unpaired) electrons. The number of aromatic nitrogens is 1. The van der Waals surface area contributed by atoms with Crippen LogP contribution in [-0.2, 0) is 11.2 Å². The molecule has 3 aromatic rings. The molecule has 0 fully saturated rings. The molecule has 1 aromatic heterocycles. The Bertz CT molecular complexity index is 927. The second kappa shape index (κ2) is 9.45. The van der Waals surface area contributed by atoms with E-state index in [0.29, 0.717) is 17.4 Å². The van der Waals surface area contributed by atoms with Crippen molar-refractivity contribution < 1.29 is 9.90 Å². The number of aliphatic hydroxyl groups excluding tert-OH is 1. The van der Waals surface area contributed by atoms with Gasteiger partial charge in [0.25, 0.3) is 0 Å². The molecular formula is C21H24N4O2S. The molecule has 28 heavy (non-hydrogen) atoms. The summed E-state index contributed by atoms with van der Waals surface area (Å²) in [6.07, 6.45) is 0.256. The maximum atomic E-state index is 11.5. The van der Waals surface area contributed by atoms with Gasteiger partial charge in [0.15, 0.2) is 5.13 Å². The number of anilines is 2. The normalized spacial score (nSPS) is 11.9. The van der Waals surface area contributed by atoms with Crippen LogP contribution in [0.1, 0.15) is 24.2 Å². The number of benzene rings is 2. The van der Waals surface area contributed by atoms with Gasteiger partial charge in [0, 0.05) is 24.4 Å². The van der Waals surface area contributed by atoms with Gasteiger partial charge in [-0.3, -0.25) is 4.79 Å². The summed E-state index contributed by atoms with van der Waals surface area (Å²) in [5.74, 6) is -0.131. The van der Waals surface area contributed by atoms with Crippen LogP contribution < -0.4 is 16.4 Å². The second-order valence-electron chi connectivity index (χ2n) is 6.51. The molecule has 2 aromatic carbocycles. The van der Waals surface area contributed by atoms with E-state index in [4.69, 9.17) is 5.73 Å². The van der Waals surface area contributed by atoms with Crippen molar-refractivity contribution in [2.75, 3.05) is 24.1 Å². The maximum Gasteiger partial charge on any atom is 0.221 e. The number of carbonyl (C=O) groups excluding carboxylic acids is 1. The van der Waals surface area contributed by atoms with E-state index in [2.05, 4.69) is 15.6 Å². The largest absolute Gasteiger partial charge is 0.387 e. The van der Waals surface area contributed by atoms with Gasteiger partial charge in [-0.2, -0.15) is 0 Å². The van der Waals surface area contributed by atoms with Crippen molar-refractivity contribution in [3.63, 3.8) is 0 Å². The second-order valence-corrected chi connectivity index (χ2v) is 7.40. The minimum atomic E-state index is -0.531. The fourth-order valence-electron chi connectivity index (χ4n) is 2.93. The van der Waals surface area contributed by atoms with Gasteiger partial charge < -0.3 is 21.5 Å². The molecule has 0 bridgehead atoms. The fourth-order valence-corrected chi connectivity index (χ4v) is 3.50. The van der Waals surface area contributed by atoms with E-state index >= 15 is 0 Å². The van der Waals surface area contributed by atoms with Crippen LogP contribution in [0.2, 0.25) is 0 Å². The molecule has 5 N–H and O–H groups in total. The molecule has 3 rings (SSSR count). The smallest absolute Gasteiger partial charge is 0.221 e. The molecule has 146 valence electrons. The summed E-state index contributed by atoms with van der Waals surface area (Å²) >= 11 is 1.37. The highest BCUT2D eigenvalue weighted by Crippen LogP contribution is 2.31. The van der Waals surface area contributed by atoms with Crippen LogP contribution in [0.4, 0.5) is 10.8 Å². The summed E-state index contributed by atoms with van der Waals surface area (Å²) in [6, 6.07) is 15.5. The van der Waals surface area contributed by atoms with E-state index in [1.807, 2.05) is 53.9 Å². The van der Waals surface area contributed by atoms with Gasteiger partial charge >= 0.3 is 0 Å². The highest BCUT2D eigenvalue weighted by molar-refractivity contribution is 7.13. The molecule has 0 aliphatic carbocycles. The number of nitrogens with zero attached hydrogens (tertiary/aromatic N) is 1. The van der Waals surface area contributed by atoms with E-state index in [1.54, 1.807) is 0 Å². The number of aliphatic hydroxyl groups is 1. The summed E-state index contributed by atoms with van der Waals surface area (Å²) in [4.78, 5) is 15.8. The first kappa shape index (κ1) is 20.0. The fraction of sp³-hybridized carbons (Fsp3) is 0.238. The molecule has 0 aliphatic rings. The van der Waals surface area contributed by atoms with E-state index in [0.717, 1.165) is 35.3 Å². The molecule has 1 amide bonds. The standard InChI is InChI=1S/C21H24N4O2S/c1-14(26)24-18-8-7-15(11-17(18)19-13-28-21(22)25-19)9-10-23-12-20(27)16-5-3-2-4-6-16/h2-8,11,13,20,23,27H,9-10,12H2,1H3,(H2,22,25)(H,24,26)/t20-/m0/s1. The van der Waals surface area contributed by atoms with Gasteiger partial charge in [-0.05, 0) is 36.2 Å². The Balaban J connectivity index is 1.63. The van der Waals surface area contributed by atoms with Gasteiger partial charge in [-0.15, -0.1) is 11.3 Å². The average molecular weight is 397 g/mol. The van der Waals surface area contributed by atoms with Gasteiger partial charge in [-0.25, -0.2) is 4.98 Å². The van der Waals surface area contributed by atoms with E-state index < -0.39 is 6.10 Å². The summed E-state index contributed by atoms with van der Waals surface area (Å²) in [7, 11) is 0. The van der Waals surface area contributed by atoms with Crippen LogP contribution in [0, 0.1) is 0 Å². The third-order valence-corrected chi connectivity index (χ3v) is 4.98. The lowest BCUT2D eigenvalue weighted by Crippen LogP contribution is -2.23. The number of nitrogen functional groups attached to an aromatic ring is 1. The Morgan fingerprint density at radius 3 is 2.71 bits per heavy atom. The van der Waals surface area contributed by atoms with E-state index in [1.165, 1.54) is 18.3 Å². The molecule has 6 nitrogen and oxygen atoms in total. The van der Waals surface area contributed by atoms with Crippen LogP contribution in [0.3, 0.4) is 0 Å². The predicted molar refractivity (Wildman–Crippen MR) is 114 cm³/mol. The Hall–Kier alpha value is -2.74. The number of nitrogens with two attached hydrogens (primary N) is 1. The van der Waals surface area contributed by atoms with Crippen molar-refractivity contribution in [2.24, 2.45) is 0 Å². The van der Waals surface area contributed by atoms with Crippen molar-refractivity contribution in [3.8, 4) is 11.3 Å². The minimum absolute atomic E-state index is 0.131. The first-order valence-corrected chi connectivity index (χ1v) is 9.96. The van der Waals surface area contributed by atoms with Crippen LogP contribution in [0.5, 0.6) is 0 Å². The zero-order chi connectivity index (χ0) is 19.9. The maximum absolute atomic E-state index is 11.5. The third kappa shape index (κ3) is 5.39. The summed E-state index contributed by atoms with van der Waals surface area (Å²) in [5, 5.41) is 18.7.